The highest BCUT2D eigenvalue weighted by atomic mass is 19.4. The van der Waals surface area contributed by atoms with E-state index < -0.39 is 67.6 Å². The number of hydrogen-bond acceptors (Lipinski definition) is 4. The van der Waals surface area contributed by atoms with Crippen LogP contribution in [0.2, 0.25) is 0 Å². The van der Waals surface area contributed by atoms with E-state index in [1.54, 1.807) is 0 Å². The van der Waals surface area contributed by atoms with Gasteiger partial charge >= 0.3 is 48.3 Å². The van der Waals surface area contributed by atoms with Gasteiger partial charge in [0.05, 0.1) is 26.4 Å². The van der Waals surface area contributed by atoms with Crippen molar-refractivity contribution < 1.29 is 93.6 Å². The van der Waals surface area contributed by atoms with Crippen LogP contribution in [0.3, 0.4) is 0 Å². The van der Waals surface area contributed by atoms with Crippen LogP contribution in [0.4, 0.5) is 74.6 Å². The highest BCUT2D eigenvalue weighted by molar-refractivity contribution is 5.06. The van der Waals surface area contributed by atoms with Gasteiger partial charge in [-0.1, -0.05) is 0 Å². The minimum absolute atomic E-state index is 0.0499. The van der Waals surface area contributed by atoms with Crippen molar-refractivity contribution in [2.45, 2.75) is 80.3 Å². The monoisotopic (exact) mass is 636 g/mol. The van der Waals surface area contributed by atoms with Crippen molar-refractivity contribution in [2.24, 2.45) is 5.92 Å². The smallest absolute Gasteiger partial charge is 0.372 e. The third kappa shape index (κ3) is 9.88. The first kappa shape index (κ1) is 36.7. The van der Waals surface area contributed by atoms with E-state index in [1.807, 2.05) is 0 Å². The zero-order valence-corrected chi connectivity index (χ0v) is 19.8. The predicted octanol–water partition coefficient (Wildman–Crippen LogP) is 6.82. The van der Waals surface area contributed by atoms with E-state index >= 15 is 0 Å². The number of rotatable bonds is 12. The topological polar surface area (TPSA) is 43.5 Å². The summed E-state index contributed by atoms with van der Waals surface area (Å²) in [5.74, 6) is -27.0. The average Bonchev–Trinajstić information content (AvgIpc) is 3.60. The van der Waals surface area contributed by atoms with Crippen molar-refractivity contribution in [3.05, 3.63) is 0 Å². The Labute approximate surface area is 214 Å². The molecule has 3 fully saturated rings. The van der Waals surface area contributed by atoms with Crippen LogP contribution in [-0.2, 0) is 18.9 Å². The van der Waals surface area contributed by atoms with Crippen molar-refractivity contribution in [3.8, 4) is 0 Å². The van der Waals surface area contributed by atoms with Gasteiger partial charge in [0.1, 0.15) is 12.7 Å². The Morgan fingerprint density at radius 2 is 1.20 bits per heavy atom. The van der Waals surface area contributed by atoms with Crippen LogP contribution >= 0.6 is 0 Å². The Morgan fingerprint density at radius 1 is 0.725 bits per heavy atom. The second kappa shape index (κ2) is 12.5. The zero-order chi connectivity index (χ0) is 31.6. The molecule has 3 aliphatic rings. The molecule has 1 aliphatic carbocycles. The summed E-state index contributed by atoms with van der Waals surface area (Å²) in [7, 11) is 0. The van der Waals surface area contributed by atoms with Crippen molar-refractivity contribution in [2.75, 3.05) is 33.0 Å². The summed E-state index contributed by atoms with van der Waals surface area (Å²) in [6.07, 6.45) is -15.9. The van der Waals surface area contributed by atoms with E-state index in [-0.39, 0.29) is 32.2 Å². The third-order valence-corrected chi connectivity index (χ3v) is 5.00. The van der Waals surface area contributed by atoms with Gasteiger partial charge in [0.2, 0.25) is 0 Å². The Morgan fingerprint density at radius 3 is 1.52 bits per heavy atom. The normalized spacial score (nSPS) is 22.3. The number of alkyl halides is 17. The molecule has 0 radical (unpaired) electrons. The molecule has 0 aromatic carbocycles. The molecule has 0 amide bonds. The van der Waals surface area contributed by atoms with Gasteiger partial charge in [-0.05, 0) is 18.8 Å². The van der Waals surface area contributed by atoms with Crippen LogP contribution in [0.1, 0.15) is 19.8 Å². The summed E-state index contributed by atoms with van der Waals surface area (Å²) in [5, 5.41) is 0. The first-order valence-corrected chi connectivity index (χ1v) is 10.8. The van der Waals surface area contributed by atoms with Crippen molar-refractivity contribution >= 4 is 0 Å². The highest BCUT2D eigenvalue weighted by Gasteiger charge is 2.84. The maximum Gasteiger partial charge on any atom is 0.460 e. The summed E-state index contributed by atoms with van der Waals surface area (Å²) in [4.78, 5) is 0. The van der Waals surface area contributed by atoms with Gasteiger partial charge in [0.25, 0.3) is 0 Å². The van der Waals surface area contributed by atoms with Gasteiger partial charge in [0.15, 0.2) is 6.10 Å². The molecule has 21 heteroatoms. The van der Waals surface area contributed by atoms with Gasteiger partial charge in [-0.15, -0.1) is 0 Å². The molecule has 2 unspecified atom stereocenters. The van der Waals surface area contributed by atoms with Gasteiger partial charge in [-0.2, -0.15) is 57.1 Å². The summed E-state index contributed by atoms with van der Waals surface area (Å²) in [6, 6.07) is 0. The van der Waals surface area contributed by atoms with Crippen LogP contribution in [0.25, 0.3) is 0 Å². The summed E-state index contributed by atoms with van der Waals surface area (Å²) in [5.41, 5.74) is 0. The van der Waals surface area contributed by atoms with Crippen molar-refractivity contribution in [1.82, 2.24) is 0 Å². The number of ether oxygens (including phenoxy) is 4. The quantitative estimate of drug-likeness (QED) is 0.174. The molecule has 1 saturated carbocycles. The molecule has 3 rings (SSSR count). The van der Waals surface area contributed by atoms with Crippen molar-refractivity contribution in [3.63, 3.8) is 0 Å². The number of hydrogen-bond donors (Lipinski definition) is 0. The van der Waals surface area contributed by atoms with E-state index in [4.69, 9.17) is 0 Å². The zero-order valence-electron chi connectivity index (χ0n) is 19.8. The average molecular weight is 636 g/mol. The molecule has 2 aliphatic heterocycles. The predicted molar refractivity (Wildman–Crippen MR) is 96.4 cm³/mol. The standard InChI is InChI=1S/C7H10F4O2.C6H3F9O.C6H8F4O/c1-6(8,9)7(10,11)4-12-2-5-3-13-5;7-3(8,2-1-16-2)4(9,10)5(11,12)6(13,14)15;7-5(8)6(9,10)11-3-4-1-2-4/h5H,2-4H2,1H3;2H,1H2;4-5H,1-3H2. The summed E-state index contributed by atoms with van der Waals surface area (Å²) >= 11 is 0. The molecule has 2 heterocycles. The molecule has 240 valence electrons. The van der Waals surface area contributed by atoms with Crippen LogP contribution in [-0.4, -0.2) is 93.6 Å². The Bertz CT molecular complexity index is 785. The Hall–Kier alpha value is -1.35. The van der Waals surface area contributed by atoms with E-state index in [1.165, 1.54) is 0 Å². The van der Waals surface area contributed by atoms with Gasteiger partial charge < -0.3 is 18.9 Å². The first-order chi connectivity index (χ1) is 17.7. The number of epoxide rings is 2. The highest BCUT2D eigenvalue weighted by Crippen LogP contribution is 2.55. The SMILES string of the molecule is CC(F)(F)C(F)(F)COCC1CO1.FC(F)(F)C(F)(F)C(F)(F)C(F)(F)C1CO1.FC(F)C(F)(F)OCC1CC1. The molecule has 2 atom stereocenters. The molecule has 0 bridgehead atoms. The lowest BCUT2D eigenvalue weighted by Crippen LogP contribution is -2.62. The molecule has 0 aromatic heterocycles. The van der Waals surface area contributed by atoms with Crippen LogP contribution in [0.5, 0.6) is 0 Å². The fourth-order valence-electron chi connectivity index (χ4n) is 2.03. The molecular formula is C19H21F17O4. The minimum Gasteiger partial charge on any atom is -0.372 e. The van der Waals surface area contributed by atoms with Crippen LogP contribution < -0.4 is 0 Å². The molecular weight excluding hydrogens is 615 g/mol. The third-order valence-electron chi connectivity index (χ3n) is 5.00. The van der Waals surface area contributed by atoms with Crippen molar-refractivity contribution in [1.29, 1.82) is 0 Å². The molecule has 4 nitrogen and oxygen atoms in total. The molecule has 0 N–H and O–H groups in total. The second-order valence-electron chi connectivity index (χ2n) is 8.77. The van der Waals surface area contributed by atoms with Gasteiger partial charge in [-0.3, -0.25) is 0 Å². The van der Waals surface area contributed by atoms with E-state index in [0.29, 0.717) is 6.61 Å². The van der Waals surface area contributed by atoms with Gasteiger partial charge in [0, 0.05) is 6.92 Å². The Kier molecular flexibility index (Phi) is 11.4. The summed E-state index contributed by atoms with van der Waals surface area (Å²) in [6.45, 7) is -1.94. The maximum atomic E-state index is 12.6. The Balaban J connectivity index is 0.000000305. The maximum absolute atomic E-state index is 12.6. The molecule has 0 spiro atoms. The summed E-state index contributed by atoms with van der Waals surface area (Å²) < 4.78 is 222. The largest absolute Gasteiger partial charge is 0.460 e. The number of halogens is 17. The lowest BCUT2D eigenvalue weighted by atomic mass is 10.0. The van der Waals surface area contributed by atoms with E-state index in [0.717, 1.165) is 12.8 Å². The molecule has 2 saturated heterocycles. The molecule has 0 aromatic rings. The minimum atomic E-state index is -6.82. The van der Waals surface area contributed by atoms with Crippen LogP contribution in [0, 0.1) is 5.92 Å². The lowest BCUT2D eigenvalue weighted by molar-refractivity contribution is -0.397. The van der Waals surface area contributed by atoms with Crippen LogP contribution in [0.15, 0.2) is 0 Å². The fourth-order valence-corrected chi connectivity index (χ4v) is 2.03. The molecule has 40 heavy (non-hydrogen) atoms. The van der Waals surface area contributed by atoms with Gasteiger partial charge in [-0.25, -0.2) is 17.6 Å². The lowest BCUT2D eigenvalue weighted by Gasteiger charge is -2.32. The van der Waals surface area contributed by atoms with E-state index in [2.05, 4.69) is 18.9 Å². The van der Waals surface area contributed by atoms with E-state index in [9.17, 15) is 74.6 Å². The first-order valence-electron chi connectivity index (χ1n) is 10.8. The second-order valence-corrected chi connectivity index (χ2v) is 8.77. The fraction of sp³-hybridized carbons (Fsp3) is 1.00.